The Kier molecular flexibility index (Phi) is 6.84. The van der Waals surface area contributed by atoms with E-state index in [0.29, 0.717) is 37.0 Å². The predicted molar refractivity (Wildman–Crippen MR) is 121 cm³/mol. The van der Waals surface area contributed by atoms with Crippen molar-refractivity contribution in [2.75, 3.05) is 23.7 Å². The number of aromatic nitrogens is 3. The van der Waals surface area contributed by atoms with Crippen LogP contribution in [0.25, 0.3) is 0 Å². The van der Waals surface area contributed by atoms with Crippen LogP contribution in [0.2, 0.25) is 0 Å². The molecule has 1 aliphatic heterocycles. The van der Waals surface area contributed by atoms with Gasteiger partial charge in [0.05, 0.1) is 11.3 Å². The van der Waals surface area contributed by atoms with Gasteiger partial charge >= 0.3 is 0 Å². The number of amides is 2. The number of hydrogen-bond acceptors (Lipinski definition) is 5. The highest BCUT2D eigenvalue weighted by Gasteiger charge is 2.24. The molecule has 0 unspecified atom stereocenters. The number of thioether (sulfide) groups is 1. The number of hydrogen-bond donors (Lipinski definition) is 1. The van der Waals surface area contributed by atoms with Crippen molar-refractivity contribution in [2.45, 2.75) is 31.5 Å². The first-order valence-corrected chi connectivity index (χ1v) is 11.5. The van der Waals surface area contributed by atoms with E-state index in [0.717, 1.165) is 12.1 Å². The Hall–Kier alpha value is -3.20. The molecule has 0 bridgehead atoms. The van der Waals surface area contributed by atoms with E-state index < -0.39 is 11.7 Å². The van der Waals surface area contributed by atoms with Crippen molar-refractivity contribution in [3.63, 3.8) is 0 Å². The molecule has 2 heterocycles. The van der Waals surface area contributed by atoms with Crippen LogP contribution in [0.1, 0.15) is 28.7 Å². The lowest BCUT2D eigenvalue weighted by atomic mass is 10.2. The largest absolute Gasteiger partial charge is 0.351 e. The van der Waals surface area contributed by atoms with Crippen molar-refractivity contribution < 1.29 is 14.0 Å². The van der Waals surface area contributed by atoms with Gasteiger partial charge in [0.15, 0.2) is 5.16 Å². The van der Waals surface area contributed by atoms with Crippen LogP contribution in [0.15, 0.2) is 53.7 Å². The normalized spacial score (nSPS) is 12.6. The molecule has 166 valence electrons. The van der Waals surface area contributed by atoms with Gasteiger partial charge in [-0.25, -0.2) is 4.39 Å². The molecule has 9 heteroatoms. The van der Waals surface area contributed by atoms with Gasteiger partial charge in [0, 0.05) is 31.7 Å². The summed E-state index contributed by atoms with van der Waals surface area (Å²) in [5.41, 5.74) is 2.20. The molecule has 7 nitrogen and oxygen atoms in total. The average molecular weight is 454 g/mol. The number of nitrogens with zero attached hydrogens (tertiary/aromatic N) is 4. The van der Waals surface area contributed by atoms with E-state index in [1.165, 1.54) is 29.5 Å². The molecule has 0 saturated carbocycles. The molecule has 0 saturated heterocycles. The molecule has 0 radical (unpaired) electrons. The fraction of sp³-hybridized carbons (Fsp3) is 0.304. The maximum atomic E-state index is 13.7. The Morgan fingerprint density at radius 2 is 1.91 bits per heavy atom. The summed E-state index contributed by atoms with van der Waals surface area (Å²) >= 11 is 1.36. The molecular formula is C23H24FN5O2S. The second-order valence-corrected chi connectivity index (χ2v) is 8.28. The predicted octanol–water partition coefficient (Wildman–Crippen LogP) is 3.09. The van der Waals surface area contributed by atoms with Crippen molar-refractivity contribution in [1.82, 2.24) is 20.1 Å². The minimum Gasteiger partial charge on any atom is -0.351 e. The summed E-state index contributed by atoms with van der Waals surface area (Å²) < 4.78 is 15.7. The molecule has 4 rings (SSSR count). The van der Waals surface area contributed by atoms with Crippen LogP contribution in [0.4, 0.5) is 10.1 Å². The molecule has 0 spiro atoms. The first-order chi connectivity index (χ1) is 15.6. The minimum atomic E-state index is -0.550. The lowest BCUT2D eigenvalue weighted by Gasteiger charge is -2.17. The second kappa shape index (κ2) is 9.95. The summed E-state index contributed by atoms with van der Waals surface area (Å²) in [6.45, 7) is 3.63. The number of anilines is 1. The van der Waals surface area contributed by atoms with Crippen LogP contribution in [0.5, 0.6) is 0 Å². The summed E-state index contributed by atoms with van der Waals surface area (Å²) in [5, 5.41) is 11.8. The maximum absolute atomic E-state index is 13.7. The number of para-hydroxylation sites is 1. The highest BCUT2D eigenvalue weighted by atomic mass is 32.2. The molecule has 1 aliphatic rings. The molecule has 1 aromatic heterocycles. The van der Waals surface area contributed by atoms with E-state index in [4.69, 9.17) is 0 Å². The van der Waals surface area contributed by atoms with E-state index in [1.807, 2.05) is 34.6 Å². The zero-order valence-electron chi connectivity index (χ0n) is 17.8. The van der Waals surface area contributed by atoms with Crippen molar-refractivity contribution in [2.24, 2.45) is 0 Å². The molecule has 32 heavy (non-hydrogen) atoms. The van der Waals surface area contributed by atoms with Crippen LogP contribution in [-0.4, -0.2) is 45.4 Å². The summed E-state index contributed by atoms with van der Waals surface area (Å²) in [7, 11) is 0. The van der Waals surface area contributed by atoms with Gasteiger partial charge in [-0.1, -0.05) is 42.1 Å². The van der Waals surface area contributed by atoms with Crippen LogP contribution < -0.4 is 10.2 Å². The van der Waals surface area contributed by atoms with Crippen molar-refractivity contribution in [3.8, 4) is 0 Å². The Bertz CT molecular complexity index is 1130. The van der Waals surface area contributed by atoms with Gasteiger partial charge in [-0.15, -0.1) is 10.2 Å². The number of carbonyl (C=O) groups excluding carboxylic acids is 2. The molecule has 1 N–H and O–H groups in total. The molecule has 0 aliphatic carbocycles. The number of benzene rings is 2. The van der Waals surface area contributed by atoms with E-state index >= 15 is 0 Å². The third-order valence-electron chi connectivity index (χ3n) is 5.38. The zero-order valence-corrected chi connectivity index (χ0v) is 18.6. The lowest BCUT2D eigenvalue weighted by molar-refractivity contribution is -0.116. The monoisotopic (exact) mass is 453 g/mol. The van der Waals surface area contributed by atoms with Crippen LogP contribution in [0.3, 0.4) is 0 Å². The maximum Gasteiger partial charge on any atom is 0.254 e. The number of rotatable bonds is 8. The summed E-state index contributed by atoms with van der Waals surface area (Å²) in [6.07, 6.45) is 1.33. The molecule has 2 aromatic carbocycles. The molecule has 3 aromatic rings. The van der Waals surface area contributed by atoms with Crippen LogP contribution in [-0.2, 0) is 24.2 Å². The Labute approximate surface area is 190 Å². The highest BCUT2D eigenvalue weighted by molar-refractivity contribution is 7.99. The Morgan fingerprint density at radius 1 is 1.12 bits per heavy atom. The molecule has 2 amide bonds. The smallest absolute Gasteiger partial charge is 0.254 e. The van der Waals surface area contributed by atoms with Gasteiger partial charge < -0.3 is 14.8 Å². The Balaban J connectivity index is 1.33. The van der Waals surface area contributed by atoms with Gasteiger partial charge in [-0.3, -0.25) is 9.59 Å². The highest BCUT2D eigenvalue weighted by Crippen LogP contribution is 2.28. The van der Waals surface area contributed by atoms with E-state index in [-0.39, 0.29) is 17.2 Å². The number of halogens is 1. The first-order valence-electron chi connectivity index (χ1n) is 10.5. The average Bonchev–Trinajstić information content (AvgIpc) is 3.41. The van der Waals surface area contributed by atoms with E-state index in [2.05, 4.69) is 21.6 Å². The van der Waals surface area contributed by atoms with Crippen LogP contribution in [0, 0.1) is 5.82 Å². The quantitative estimate of drug-likeness (QED) is 0.530. The van der Waals surface area contributed by atoms with Gasteiger partial charge in [0.2, 0.25) is 5.91 Å². The fourth-order valence-corrected chi connectivity index (χ4v) is 4.66. The molecule has 0 fully saturated rings. The van der Waals surface area contributed by atoms with E-state index in [9.17, 15) is 14.0 Å². The van der Waals surface area contributed by atoms with Gasteiger partial charge in [-0.05, 0) is 37.1 Å². The third-order valence-corrected chi connectivity index (χ3v) is 6.33. The SMILES string of the molecule is CCn1c(CCNC(=O)c2ccccc2F)nnc1SCC(=O)N1CCc2ccccc21. The number of carbonyl (C=O) groups is 2. The van der Waals surface area contributed by atoms with Gasteiger partial charge in [0.25, 0.3) is 5.91 Å². The van der Waals surface area contributed by atoms with E-state index in [1.54, 1.807) is 12.1 Å². The van der Waals surface area contributed by atoms with Crippen LogP contribution >= 0.6 is 11.8 Å². The number of nitrogens with one attached hydrogen (secondary N) is 1. The number of fused-ring (bicyclic) bond motifs is 1. The summed E-state index contributed by atoms with van der Waals surface area (Å²) in [5.74, 6) is 0.0193. The molecule has 0 atom stereocenters. The molecular weight excluding hydrogens is 429 g/mol. The Morgan fingerprint density at radius 3 is 2.72 bits per heavy atom. The van der Waals surface area contributed by atoms with Gasteiger partial charge in [-0.2, -0.15) is 0 Å². The zero-order chi connectivity index (χ0) is 22.5. The van der Waals surface area contributed by atoms with Crippen molar-refractivity contribution in [1.29, 1.82) is 0 Å². The van der Waals surface area contributed by atoms with Gasteiger partial charge in [0.1, 0.15) is 11.6 Å². The summed E-state index contributed by atoms with van der Waals surface area (Å²) in [4.78, 5) is 26.8. The topological polar surface area (TPSA) is 80.1 Å². The summed E-state index contributed by atoms with van der Waals surface area (Å²) in [6, 6.07) is 13.8. The van der Waals surface area contributed by atoms with Crippen molar-refractivity contribution >= 4 is 29.3 Å². The first kappa shape index (κ1) is 22.0. The second-order valence-electron chi connectivity index (χ2n) is 7.34. The third kappa shape index (κ3) is 4.67. The standard InChI is InChI=1S/C23H24FN5O2S/c1-2-28-20(11-13-25-22(31)17-8-4-5-9-18(17)24)26-27-23(28)32-15-21(30)29-14-12-16-7-3-6-10-19(16)29/h3-10H,2,11-15H2,1H3,(H,25,31). The minimum absolute atomic E-state index is 0.0164. The lowest BCUT2D eigenvalue weighted by Crippen LogP contribution is -2.30. The van der Waals surface area contributed by atoms with Crippen molar-refractivity contribution in [3.05, 3.63) is 71.3 Å². The fourth-order valence-electron chi connectivity index (χ4n) is 3.76.